The molecule has 3 aromatic rings. The number of hydrogen-bond acceptors (Lipinski definition) is 4. The Morgan fingerprint density at radius 1 is 1.41 bits per heavy atom. The van der Waals surface area contributed by atoms with Gasteiger partial charge in [-0.15, -0.1) is 0 Å². The molecule has 0 bridgehead atoms. The van der Waals surface area contributed by atoms with Crippen molar-refractivity contribution in [3.8, 4) is 11.1 Å². The summed E-state index contributed by atoms with van der Waals surface area (Å²) >= 11 is 1.51. The first-order chi connectivity index (χ1) is 8.25. The number of fused-ring (bicyclic) bond motifs is 1. The minimum atomic E-state index is -0.362. The SMILES string of the molecule is O=[N+]([O-])c1cc2cn[nH]c2cc1-c1ccsc1. The van der Waals surface area contributed by atoms with Gasteiger partial charge in [-0.1, -0.05) is 0 Å². The summed E-state index contributed by atoms with van der Waals surface area (Å²) in [4.78, 5) is 10.7. The fraction of sp³-hybridized carbons (Fsp3) is 0. The Morgan fingerprint density at radius 3 is 3.00 bits per heavy atom. The second kappa shape index (κ2) is 3.67. The maximum absolute atomic E-state index is 11.1. The van der Waals surface area contributed by atoms with Crippen molar-refractivity contribution in [2.45, 2.75) is 0 Å². The molecule has 5 nitrogen and oxygen atoms in total. The lowest BCUT2D eigenvalue weighted by Gasteiger charge is -2.00. The molecular formula is C11H7N3O2S. The van der Waals surface area contributed by atoms with Crippen molar-refractivity contribution < 1.29 is 4.92 Å². The van der Waals surface area contributed by atoms with Gasteiger partial charge < -0.3 is 0 Å². The predicted molar refractivity (Wildman–Crippen MR) is 66.1 cm³/mol. The van der Waals surface area contributed by atoms with Crippen LogP contribution in [0.15, 0.2) is 35.2 Å². The molecule has 1 aromatic carbocycles. The molecule has 0 unspecified atom stereocenters. The van der Waals surface area contributed by atoms with Crippen LogP contribution in [0.2, 0.25) is 0 Å². The molecular weight excluding hydrogens is 238 g/mol. The molecule has 0 aliphatic heterocycles. The van der Waals surface area contributed by atoms with E-state index in [1.807, 2.05) is 16.8 Å². The van der Waals surface area contributed by atoms with Crippen LogP contribution >= 0.6 is 11.3 Å². The Morgan fingerprint density at radius 2 is 2.29 bits per heavy atom. The van der Waals surface area contributed by atoms with Gasteiger partial charge in [0, 0.05) is 11.5 Å². The number of aromatic nitrogens is 2. The minimum absolute atomic E-state index is 0.109. The average molecular weight is 245 g/mol. The molecule has 2 aromatic heterocycles. The van der Waals surface area contributed by atoms with Crippen LogP contribution in [0.3, 0.4) is 0 Å². The minimum Gasteiger partial charge on any atom is -0.278 e. The van der Waals surface area contributed by atoms with E-state index < -0.39 is 0 Å². The van der Waals surface area contributed by atoms with Gasteiger partial charge in [-0.3, -0.25) is 15.2 Å². The van der Waals surface area contributed by atoms with Crippen molar-refractivity contribution in [2.75, 3.05) is 0 Å². The number of nitro benzene ring substituents is 1. The number of thiophene rings is 1. The molecule has 0 aliphatic carbocycles. The van der Waals surface area contributed by atoms with Crippen molar-refractivity contribution in [1.82, 2.24) is 10.2 Å². The number of rotatable bonds is 2. The Bertz CT molecular complexity index is 688. The van der Waals surface area contributed by atoms with Crippen LogP contribution in [0.25, 0.3) is 22.0 Å². The molecule has 6 heteroatoms. The average Bonchev–Trinajstić information content (AvgIpc) is 2.98. The van der Waals surface area contributed by atoms with E-state index in [4.69, 9.17) is 0 Å². The van der Waals surface area contributed by atoms with E-state index in [1.165, 1.54) is 11.3 Å². The van der Waals surface area contributed by atoms with Crippen LogP contribution in [-0.4, -0.2) is 15.1 Å². The molecule has 0 spiro atoms. The van der Waals surface area contributed by atoms with E-state index in [2.05, 4.69) is 10.2 Å². The van der Waals surface area contributed by atoms with Crippen molar-refractivity contribution in [2.24, 2.45) is 0 Å². The zero-order valence-electron chi connectivity index (χ0n) is 8.58. The maximum Gasteiger partial charge on any atom is 0.278 e. The van der Waals surface area contributed by atoms with Crippen LogP contribution < -0.4 is 0 Å². The van der Waals surface area contributed by atoms with E-state index in [1.54, 1.807) is 18.3 Å². The molecule has 0 saturated carbocycles. The quantitative estimate of drug-likeness (QED) is 0.556. The Hall–Kier alpha value is -2.21. The fourth-order valence-corrected chi connectivity index (χ4v) is 2.44. The number of H-pyrrole nitrogens is 1. The Labute approximate surface area is 99.9 Å². The standard InChI is InChI=1S/C11H7N3O2S/c15-14(16)11-3-8-5-12-13-10(8)4-9(11)7-1-2-17-6-7/h1-6H,(H,12,13). The van der Waals surface area contributed by atoms with E-state index in [0.717, 1.165) is 16.5 Å². The maximum atomic E-state index is 11.1. The summed E-state index contributed by atoms with van der Waals surface area (Å²) in [6.07, 6.45) is 1.58. The topological polar surface area (TPSA) is 71.8 Å². The monoisotopic (exact) mass is 245 g/mol. The number of aromatic amines is 1. The van der Waals surface area contributed by atoms with Crippen LogP contribution in [0.5, 0.6) is 0 Å². The van der Waals surface area contributed by atoms with Gasteiger partial charge in [-0.2, -0.15) is 16.4 Å². The van der Waals surface area contributed by atoms with Gasteiger partial charge in [0.25, 0.3) is 5.69 Å². The summed E-state index contributed by atoms with van der Waals surface area (Å²) in [5.41, 5.74) is 2.39. The third-order valence-electron chi connectivity index (χ3n) is 2.59. The van der Waals surface area contributed by atoms with Gasteiger partial charge in [0.2, 0.25) is 0 Å². The molecule has 0 amide bonds. The summed E-state index contributed by atoms with van der Waals surface area (Å²) in [5.74, 6) is 0. The number of hydrogen-bond donors (Lipinski definition) is 1. The molecule has 17 heavy (non-hydrogen) atoms. The van der Waals surface area contributed by atoms with Crippen molar-refractivity contribution in [3.63, 3.8) is 0 Å². The van der Waals surface area contributed by atoms with E-state index in [9.17, 15) is 10.1 Å². The molecule has 3 rings (SSSR count). The Balaban J connectivity index is 2.34. The first-order valence-electron chi connectivity index (χ1n) is 4.90. The van der Waals surface area contributed by atoms with Gasteiger partial charge in [0.15, 0.2) is 0 Å². The van der Waals surface area contributed by atoms with E-state index in [-0.39, 0.29) is 10.6 Å². The lowest BCUT2D eigenvalue weighted by atomic mass is 10.1. The summed E-state index contributed by atoms with van der Waals surface area (Å²) in [7, 11) is 0. The molecule has 0 aliphatic rings. The fourth-order valence-electron chi connectivity index (χ4n) is 1.78. The molecule has 2 heterocycles. The highest BCUT2D eigenvalue weighted by molar-refractivity contribution is 7.08. The smallest absolute Gasteiger partial charge is 0.278 e. The van der Waals surface area contributed by atoms with Gasteiger partial charge in [0.05, 0.1) is 22.2 Å². The summed E-state index contributed by atoms with van der Waals surface area (Å²) in [6.45, 7) is 0. The molecule has 0 radical (unpaired) electrons. The predicted octanol–water partition coefficient (Wildman–Crippen LogP) is 3.20. The van der Waals surface area contributed by atoms with Crippen LogP contribution in [0.4, 0.5) is 5.69 Å². The number of nitrogens with zero attached hydrogens (tertiary/aromatic N) is 2. The number of nitro groups is 1. The van der Waals surface area contributed by atoms with Crippen LogP contribution in [-0.2, 0) is 0 Å². The summed E-state index contributed by atoms with van der Waals surface area (Å²) < 4.78 is 0. The van der Waals surface area contributed by atoms with E-state index in [0.29, 0.717) is 5.56 Å². The second-order valence-corrected chi connectivity index (χ2v) is 4.38. The molecule has 84 valence electrons. The Kier molecular flexibility index (Phi) is 2.15. The van der Waals surface area contributed by atoms with Crippen LogP contribution in [0, 0.1) is 10.1 Å². The van der Waals surface area contributed by atoms with Gasteiger partial charge in [-0.25, -0.2) is 0 Å². The third-order valence-corrected chi connectivity index (χ3v) is 3.27. The summed E-state index contributed by atoms with van der Waals surface area (Å²) in [5, 5.41) is 22.3. The lowest BCUT2D eigenvalue weighted by molar-refractivity contribution is -0.384. The third kappa shape index (κ3) is 1.58. The second-order valence-electron chi connectivity index (χ2n) is 3.60. The van der Waals surface area contributed by atoms with E-state index >= 15 is 0 Å². The molecule has 0 saturated heterocycles. The van der Waals surface area contributed by atoms with Crippen LogP contribution in [0.1, 0.15) is 0 Å². The van der Waals surface area contributed by atoms with Crippen molar-refractivity contribution >= 4 is 27.9 Å². The van der Waals surface area contributed by atoms with Crippen molar-refractivity contribution in [1.29, 1.82) is 0 Å². The number of nitrogens with one attached hydrogen (secondary N) is 1. The highest BCUT2D eigenvalue weighted by Crippen LogP contribution is 2.34. The number of benzene rings is 1. The molecule has 0 fully saturated rings. The first kappa shape index (κ1) is 9.98. The van der Waals surface area contributed by atoms with Gasteiger partial charge >= 0.3 is 0 Å². The highest BCUT2D eigenvalue weighted by Gasteiger charge is 2.17. The zero-order valence-corrected chi connectivity index (χ0v) is 9.40. The highest BCUT2D eigenvalue weighted by atomic mass is 32.1. The largest absolute Gasteiger partial charge is 0.278 e. The normalized spacial score (nSPS) is 10.8. The molecule has 0 atom stereocenters. The van der Waals surface area contributed by atoms with Gasteiger partial charge in [0.1, 0.15) is 0 Å². The molecule has 1 N–H and O–H groups in total. The lowest BCUT2D eigenvalue weighted by Crippen LogP contribution is -1.91. The van der Waals surface area contributed by atoms with Gasteiger partial charge in [-0.05, 0) is 28.5 Å². The zero-order chi connectivity index (χ0) is 11.8. The summed E-state index contributed by atoms with van der Waals surface area (Å²) in [6, 6.07) is 5.18. The van der Waals surface area contributed by atoms with Crippen molar-refractivity contribution in [3.05, 3.63) is 45.3 Å². The first-order valence-corrected chi connectivity index (χ1v) is 5.84.